The van der Waals surface area contributed by atoms with Gasteiger partial charge in [-0.05, 0) is 48.0 Å². The summed E-state index contributed by atoms with van der Waals surface area (Å²) in [6, 6.07) is 13.4. The highest BCUT2D eigenvalue weighted by Gasteiger charge is 2.22. The molecule has 1 aromatic carbocycles. The minimum atomic E-state index is -0.905. The van der Waals surface area contributed by atoms with Gasteiger partial charge in [0.2, 0.25) is 18.6 Å². The number of ether oxygens (including phenoxy) is 1. The Kier molecular flexibility index (Phi) is 6.44. The number of carbonyl (C=O) groups is 1. The van der Waals surface area contributed by atoms with E-state index in [9.17, 15) is 14.0 Å². The van der Waals surface area contributed by atoms with Gasteiger partial charge in [-0.25, -0.2) is 9.37 Å². The molecule has 0 radical (unpaired) electrons. The highest BCUT2D eigenvalue weighted by atomic mass is 19.1. The number of pyridine rings is 2. The monoisotopic (exact) mass is 490 g/mol. The molecule has 184 valence electrons. The van der Waals surface area contributed by atoms with Gasteiger partial charge in [0.05, 0.1) is 18.7 Å². The van der Waals surface area contributed by atoms with Crippen molar-refractivity contribution in [3.63, 3.8) is 0 Å². The highest BCUT2D eigenvalue weighted by Crippen LogP contribution is 2.24. The first-order valence-electron chi connectivity index (χ1n) is 11.3. The van der Waals surface area contributed by atoms with Crippen LogP contribution < -0.4 is 15.2 Å². The van der Waals surface area contributed by atoms with Crippen LogP contribution in [0.25, 0.3) is 22.8 Å². The van der Waals surface area contributed by atoms with Crippen LogP contribution in [0.3, 0.4) is 0 Å². The zero-order valence-corrected chi connectivity index (χ0v) is 19.5. The lowest BCUT2D eigenvalue weighted by Crippen LogP contribution is -2.48. The third-order valence-electron chi connectivity index (χ3n) is 5.93. The number of rotatable bonds is 7. The summed E-state index contributed by atoms with van der Waals surface area (Å²) in [6.07, 6.45) is 3.34. The topological polar surface area (TPSA) is 107 Å². The molecule has 0 unspecified atom stereocenters. The first-order valence-corrected chi connectivity index (χ1v) is 11.3. The van der Waals surface area contributed by atoms with Gasteiger partial charge in [0, 0.05) is 44.2 Å². The van der Waals surface area contributed by atoms with Gasteiger partial charge in [0.25, 0.3) is 11.4 Å². The highest BCUT2D eigenvalue weighted by molar-refractivity contribution is 5.82. The summed E-state index contributed by atoms with van der Waals surface area (Å²) in [7, 11) is 1.79. The largest absolute Gasteiger partial charge is 0.463 e. The molecule has 1 amide bonds. The SMILES string of the molecule is CN1CCN(c2cc(Cn3cc(-c4nc(-c5ccc(OCF)cc5)no4)ccc3=O)ccn2)CC1=O. The van der Waals surface area contributed by atoms with Crippen LogP contribution in [0.2, 0.25) is 0 Å². The third-order valence-corrected chi connectivity index (χ3v) is 5.93. The van der Waals surface area contributed by atoms with Gasteiger partial charge in [-0.15, -0.1) is 0 Å². The number of anilines is 1. The van der Waals surface area contributed by atoms with Crippen molar-refractivity contribution >= 4 is 11.7 Å². The Balaban J connectivity index is 1.35. The molecule has 5 rings (SSSR count). The van der Waals surface area contributed by atoms with Gasteiger partial charge in [-0.3, -0.25) is 9.59 Å². The summed E-state index contributed by atoms with van der Waals surface area (Å²) in [5, 5.41) is 4.02. The molecule has 0 N–H and O–H groups in total. The quantitative estimate of drug-likeness (QED) is 0.389. The molecule has 0 saturated carbocycles. The summed E-state index contributed by atoms with van der Waals surface area (Å²) < 4.78 is 24.1. The van der Waals surface area contributed by atoms with Crippen LogP contribution in [0.15, 0.2) is 70.2 Å². The van der Waals surface area contributed by atoms with Crippen molar-refractivity contribution in [2.24, 2.45) is 0 Å². The summed E-state index contributed by atoms with van der Waals surface area (Å²) in [5.74, 6) is 1.75. The minimum Gasteiger partial charge on any atom is -0.463 e. The van der Waals surface area contributed by atoms with E-state index in [0.29, 0.717) is 48.2 Å². The van der Waals surface area contributed by atoms with Crippen LogP contribution in [0.1, 0.15) is 5.56 Å². The van der Waals surface area contributed by atoms with E-state index in [-0.39, 0.29) is 23.9 Å². The van der Waals surface area contributed by atoms with E-state index in [1.54, 1.807) is 59.2 Å². The van der Waals surface area contributed by atoms with Crippen molar-refractivity contribution in [1.29, 1.82) is 0 Å². The number of carbonyl (C=O) groups excluding carboxylic acids is 1. The van der Waals surface area contributed by atoms with Crippen LogP contribution in [-0.2, 0) is 11.3 Å². The van der Waals surface area contributed by atoms with E-state index < -0.39 is 6.86 Å². The van der Waals surface area contributed by atoms with Gasteiger partial charge in [-0.2, -0.15) is 4.98 Å². The second-order valence-electron chi connectivity index (χ2n) is 8.34. The van der Waals surface area contributed by atoms with Crippen molar-refractivity contribution in [1.82, 2.24) is 24.6 Å². The second-order valence-corrected chi connectivity index (χ2v) is 8.34. The van der Waals surface area contributed by atoms with Gasteiger partial charge < -0.3 is 23.6 Å². The zero-order valence-electron chi connectivity index (χ0n) is 19.5. The van der Waals surface area contributed by atoms with Crippen molar-refractivity contribution in [3.05, 3.63) is 76.8 Å². The third kappa shape index (κ3) is 4.95. The molecule has 1 fully saturated rings. The molecule has 0 atom stereocenters. The lowest BCUT2D eigenvalue weighted by atomic mass is 10.2. The molecule has 0 bridgehead atoms. The summed E-state index contributed by atoms with van der Waals surface area (Å²) in [5.41, 5.74) is 1.95. The predicted molar refractivity (Wildman–Crippen MR) is 129 cm³/mol. The maximum absolute atomic E-state index is 12.6. The second kappa shape index (κ2) is 9.98. The molecule has 1 aliphatic heterocycles. The Bertz CT molecular complexity index is 1430. The molecule has 1 aliphatic rings. The van der Waals surface area contributed by atoms with Crippen molar-refractivity contribution in [2.75, 3.05) is 38.4 Å². The summed E-state index contributed by atoms with van der Waals surface area (Å²) in [4.78, 5) is 37.1. The fraction of sp³-hybridized carbons (Fsp3) is 0.240. The summed E-state index contributed by atoms with van der Waals surface area (Å²) >= 11 is 0. The van der Waals surface area contributed by atoms with Crippen LogP contribution in [0.5, 0.6) is 5.75 Å². The molecule has 1 saturated heterocycles. The zero-order chi connectivity index (χ0) is 25.1. The van der Waals surface area contributed by atoms with Crippen molar-refractivity contribution < 1.29 is 18.4 Å². The molecule has 10 nitrogen and oxygen atoms in total. The number of alkyl halides is 1. The minimum absolute atomic E-state index is 0.0420. The number of nitrogens with zero attached hydrogens (tertiary/aromatic N) is 6. The normalized spacial score (nSPS) is 13.8. The summed E-state index contributed by atoms with van der Waals surface area (Å²) in [6.45, 7) is 0.999. The molecule has 0 spiro atoms. The molecular weight excluding hydrogens is 467 g/mol. The average Bonchev–Trinajstić information content (AvgIpc) is 3.38. The Morgan fingerprint density at radius 1 is 1.06 bits per heavy atom. The van der Waals surface area contributed by atoms with E-state index in [1.165, 1.54) is 6.07 Å². The predicted octanol–water partition coefficient (Wildman–Crippen LogP) is 2.59. The number of hydrogen-bond donors (Lipinski definition) is 0. The molecule has 4 heterocycles. The van der Waals surface area contributed by atoms with Crippen molar-refractivity contribution in [3.8, 4) is 28.6 Å². The number of aromatic nitrogens is 4. The molecular formula is C25H23FN6O4. The molecule has 36 heavy (non-hydrogen) atoms. The molecule has 3 aromatic heterocycles. The number of piperazine rings is 1. The van der Waals surface area contributed by atoms with E-state index in [4.69, 9.17) is 9.26 Å². The van der Waals surface area contributed by atoms with Gasteiger partial charge in [0.1, 0.15) is 11.6 Å². The molecule has 0 aliphatic carbocycles. The average molecular weight is 490 g/mol. The van der Waals surface area contributed by atoms with E-state index in [0.717, 1.165) is 5.56 Å². The lowest BCUT2D eigenvalue weighted by molar-refractivity contribution is -0.129. The van der Waals surface area contributed by atoms with Gasteiger partial charge in [-0.1, -0.05) is 5.16 Å². The standard InChI is InChI=1S/C25H23FN6O4/c1-30-10-11-31(15-23(30)34)21-12-17(8-9-27-21)13-32-14-19(4-7-22(32)33)25-28-24(29-36-25)18-2-5-20(6-3-18)35-16-26/h2-9,12,14H,10-11,13,15-16H2,1H3. The smallest absolute Gasteiger partial charge is 0.259 e. The first kappa shape index (κ1) is 23.2. The number of amides is 1. The van der Waals surface area contributed by atoms with E-state index in [1.807, 2.05) is 17.0 Å². The van der Waals surface area contributed by atoms with E-state index >= 15 is 0 Å². The number of benzene rings is 1. The number of likely N-dealkylation sites (N-methyl/N-ethyl adjacent to an activating group) is 1. The van der Waals surface area contributed by atoms with Gasteiger partial charge in [0.15, 0.2) is 0 Å². The number of halogens is 1. The Morgan fingerprint density at radius 2 is 1.86 bits per heavy atom. The van der Waals surface area contributed by atoms with Crippen LogP contribution in [0, 0.1) is 0 Å². The Hall–Kier alpha value is -4.54. The Labute approximate surface area is 205 Å². The number of hydrogen-bond acceptors (Lipinski definition) is 8. The Morgan fingerprint density at radius 3 is 2.64 bits per heavy atom. The van der Waals surface area contributed by atoms with Crippen molar-refractivity contribution in [2.45, 2.75) is 6.54 Å². The molecule has 11 heteroatoms. The lowest BCUT2D eigenvalue weighted by Gasteiger charge is -2.32. The maximum Gasteiger partial charge on any atom is 0.259 e. The fourth-order valence-electron chi connectivity index (χ4n) is 3.89. The molecule has 4 aromatic rings. The first-order chi connectivity index (χ1) is 17.5. The maximum atomic E-state index is 12.6. The van der Waals surface area contributed by atoms with Crippen LogP contribution in [-0.4, -0.2) is 64.0 Å². The van der Waals surface area contributed by atoms with Gasteiger partial charge >= 0.3 is 0 Å². The fourth-order valence-corrected chi connectivity index (χ4v) is 3.89. The van der Waals surface area contributed by atoms with Crippen LogP contribution in [0.4, 0.5) is 10.2 Å². The van der Waals surface area contributed by atoms with E-state index in [2.05, 4.69) is 15.1 Å². The van der Waals surface area contributed by atoms with Crippen LogP contribution >= 0.6 is 0 Å².